The van der Waals surface area contributed by atoms with Gasteiger partial charge in [0.1, 0.15) is 5.75 Å². The number of carbonyl (C=O) groups is 1. The molecule has 2 rings (SSSR count). The highest BCUT2D eigenvalue weighted by atomic mass is 32.2. The fourth-order valence-corrected chi connectivity index (χ4v) is 2.80. The molecule has 2 aromatic rings. The highest BCUT2D eigenvalue weighted by Gasteiger charge is 2.15. The number of rotatable bonds is 5. The molecule has 1 N–H and O–H groups in total. The maximum absolute atomic E-state index is 12.2. The van der Waals surface area contributed by atoms with Gasteiger partial charge in [0.2, 0.25) is 0 Å². The lowest BCUT2D eigenvalue weighted by Gasteiger charge is -2.10. The lowest BCUT2D eigenvalue weighted by atomic mass is 10.2. The van der Waals surface area contributed by atoms with Crippen LogP contribution in [-0.4, -0.2) is 27.2 Å². The lowest BCUT2D eigenvalue weighted by Crippen LogP contribution is -2.14. The summed E-state index contributed by atoms with van der Waals surface area (Å²) in [5.41, 5.74) is 0.690. The third-order valence-corrected chi connectivity index (χ3v) is 4.12. The molecule has 6 heteroatoms. The molecule has 0 unspecified atom stereocenters. The van der Waals surface area contributed by atoms with Gasteiger partial charge in [-0.3, -0.25) is 4.79 Å². The third kappa shape index (κ3) is 3.85. The summed E-state index contributed by atoms with van der Waals surface area (Å²) in [6.45, 7) is 2.43. The van der Waals surface area contributed by atoms with Crippen molar-refractivity contribution in [2.45, 2.75) is 11.8 Å². The summed E-state index contributed by atoms with van der Waals surface area (Å²) in [5, 5.41) is 2.63. The quantitative estimate of drug-likeness (QED) is 0.920. The van der Waals surface area contributed by atoms with Gasteiger partial charge in [-0.1, -0.05) is 12.1 Å². The van der Waals surface area contributed by atoms with Crippen molar-refractivity contribution >= 4 is 21.4 Å². The van der Waals surface area contributed by atoms with E-state index >= 15 is 0 Å². The zero-order valence-electron chi connectivity index (χ0n) is 12.4. The predicted octanol–water partition coefficient (Wildman–Crippen LogP) is 2.74. The molecule has 0 radical (unpaired) electrons. The molecule has 5 nitrogen and oxygen atoms in total. The second-order valence-electron chi connectivity index (χ2n) is 4.68. The van der Waals surface area contributed by atoms with Gasteiger partial charge in [-0.2, -0.15) is 0 Å². The molecule has 0 saturated carbocycles. The summed E-state index contributed by atoms with van der Waals surface area (Å²) in [4.78, 5) is 12.3. The minimum atomic E-state index is -3.41. The van der Waals surface area contributed by atoms with Crippen molar-refractivity contribution in [3.63, 3.8) is 0 Å². The molecule has 2 aromatic carbocycles. The number of benzene rings is 2. The third-order valence-electron chi connectivity index (χ3n) is 2.96. The van der Waals surface area contributed by atoms with Crippen molar-refractivity contribution < 1.29 is 17.9 Å². The van der Waals surface area contributed by atoms with Crippen LogP contribution in [0.3, 0.4) is 0 Å². The standard InChI is InChI=1S/C16H17NO4S/c1-3-21-13-10-8-12(9-11-13)16(18)17-14-6-4-5-7-15(14)22(2,19)20/h4-11H,3H2,1-2H3,(H,17,18). The van der Waals surface area contributed by atoms with E-state index in [4.69, 9.17) is 4.74 Å². The number of carbonyl (C=O) groups excluding carboxylic acids is 1. The second-order valence-corrected chi connectivity index (χ2v) is 6.66. The first-order valence-corrected chi connectivity index (χ1v) is 8.64. The Morgan fingerprint density at radius 1 is 1.09 bits per heavy atom. The number of anilines is 1. The summed E-state index contributed by atoms with van der Waals surface area (Å²) in [7, 11) is -3.41. The average molecular weight is 319 g/mol. The van der Waals surface area contributed by atoms with Gasteiger partial charge in [0.25, 0.3) is 5.91 Å². The number of sulfone groups is 1. The van der Waals surface area contributed by atoms with E-state index < -0.39 is 9.84 Å². The Balaban J connectivity index is 2.22. The molecule has 0 heterocycles. The Morgan fingerprint density at radius 3 is 2.32 bits per heavy atom. The molecule has 0 spiro atoms. The molecule has 0 aliphatic carbocycles. The van der Waals surface area contributed by atoms with Crippen molar-refractivity contribution in [3.05, 3.63) is 54.1 Å². The smallest absolute Gasteiger partial charge is 0.255 e. The highest BCUT2D eigenvalue weighted by molar-refractivity contribution is 7.90. The van der Waals surface area contributed by atoms with Gasteiger partial charge in [0.15, 0.2) is 9.84 Å². The molecular weight excluding hydrogens is 302 g/mol. The molecule has 0 aromatic heterocycles. The van der Waals surface area contributed by atoms with E-state index in [0.29, 0.717) is 17.9 Å². The SMILES string of the molecule is CCOc1ccc(C(=O)Nc2ccccc2S(C)(=O)=O)cc1. The van der Waals surface area contributed by atoms with Crippen LogP contribution in [0.4, 0.5) is 5.69 Å². The van der Waals surface area contributed by atoms with Crippen LogP contribution < -0.4 is 10.1 Å². The molecule has 22 heavy (non-hydrogen) atoms. The number of para-hydroxylation sites is 1. The minimum absolute atomic E-state index is 0.0919. The molecule has 0 bridgehead atoms. The van der Waals surface area contributed by atoms with Crippen molar-refractivity contribution in [2.75, 3.05) is 18.2 Å². The van der Waals surface area contributed by atoms with E-state index in [9.17, 15) is 13.2 Å². The van der Waals surface area contributed by atoms with Gasteiger partial charge >= 0.3 is 0 Å². The highest BCUT2D eigenvalue weighted by Crippen LogP contribution is 2.21. The van der Waals surface area contributed by atoms with E-state index in [-0.39, 0.29) is 16.5 Å². The van der Waals surface area contributed by atoms with Crippen molar-refractivity contribution in [3.8, 4) is 5.75 Å². The zero-order chi connectivity index (χ0) is 16.2. The summed E-state index contributed by atoms with van der Waals surface area (Å²) < 4.78 is 28.8. The lowest BCUT2D eigenvalue weighted by molar-refractivity contribution is 0.102. The van der Waals surface area contributed by atoms with Gasteiger partial charge in [0.05, 0.1) is 17.2 Å². The molecule has 0 aliphatic rings. The molecule has 0 saturated heterocycles. The number of hydrogen-bond donors (Lipinski definition) is 1. The minimum Gasteiger partial charge on any atom is -0.494 e. The van der Waals surface area contributed by atoms with Gasteiger partial charge < -0.3 is 10.1 Å². The fourth-order valence-electron chi connectivity index (χ4n) is 1.96. The summed E-state index contributed by atoms with van der Waals surface area (Å²) in [6.07, 6.45) is 1.11. The number of amides is 1. The van der Waals surface area contributed by atoms with E-state index in [1.54, 1.807) is 42.5 Å². The summed E-state index contributed by atoms with van der Waals surface area (Å²) in [5.74, 6) is 0.301. The van der Waals surface area contributed by atoms with Crippen LogP contribution >= 0.6 is 0 Å². The van der Waals surface area contributed by atoms with E-state index in [1.165, 1.54) is 6.07 Å². The number of ether oxygens (including phenoxy) is 1. The predicted molar refractivity (Wildman–Crippen MR) is 85.1 cm³/mol. The van der Waals surface area contributed by atoms with Gasteiger partial charge in [-0.05, 0) is 43.3 Å². The Bertz CT molecular complexity index is 767. The van der Waals surface area contributed by atoms with Crippen LogP contribution in [0.25, 0.3) is 0 Å². The molecule has 0 atom stereocenters. The van der Waals surface area contributed by atoms with E-state index in [2.05, 4.69) is 5.32 Å². The van der Waals surface area contributed by atoms with Crippen molar-refractivity contribution in [1.82, 2.24) is 0 Å². The first-order valence-electron chi connectivity index (χ1n) is 6.75. The van der Waals surface area contributed by atoms with Crippen molar-refractivity contribution in [1.29, 1.82) is 0 Å². The Kier molecular flexibility index (Phi) is 4.82. The maximum Gasteiger partial charge on any atom is 0.255 e. The van der Waals surface area contributed by atoms with Gasteiger partial charge in [-0.25, -0.2) is 8.42 Å². The van der Waals surface area contributed by atoms with Gasteiger partial charge in [-0.15, -0.1) is 0 Å². The second kappa shape index (κ2) is 6.62. The van der Waals surface area contributed by atoms with E-state index in [0.717, 1.165) is 6.26 Å². The van der Waals surface area contributed by atoms with Crippen LogP contribution in [0.1, 0.15) is 17.3 Å². The normalized spacial score (nSPS) is 11.0. The van der Waals surface area contributed by atoms with Crippen LogP contribution in [0.5, 0.6) is 5.75 Å². The molecule has 116 valence electrons. The first-order chi connectivity index (χ1) is 10.4. The van der Waals surface area contributed by atoms with Crippen LogP contribution in [-0.2, 0) is 9.84 Å². The van der Waals surface area contributed by atoms with Crippen LogP contribution in [0, 0.1) is 0 Å². The van der Waals surface area contributed by atoms with Gasteiger partial charge in [0, 0.05) is 11.8 Å². The van der Waals surface area contributed by atoms with Crippen molar-refractivity contribution in [2.24, 2.45) is 0 Å². The zero-order valence-corrected chi connectivity index (χ0v) is 13.2. The molecule has 1 amide bonds. The number of hydrogen-bond acceptors (Lipinski definition) is 4. The number of nitrogens with one attached hydrogen (secondary N) is 1. The monoisotopic (exact) mass is 319 g/mol. The molecule has 0 aliphatic heterocycles. The van der Waals surface area contributed by atoms with Crippen LogP contribution in [0.2, 0.25) is 0 Å². The molecule has 0 fully saturated rings. The summed E-state index contributed by atoms with van der Waals surface area (Å²) >= 11 is 0. The molecular formula is C16H17NO4S. The topological polar surface area (TPSA) is 72.5 Å². The largest absolute Gasteiger partial charge is 0.494 e. The Hall–Kier alpha value is -2.34. The van der Waals surface area contributed by atoms with Crippen LogP contribution in [0.15, 0.2) is 53.4 Å². The Morgan fingerprint density at radius 2 is 1.73 bits per heavy atom. The van der Waals surface area contributed by atoms with E-state index in [1.807, 2.05) is 6.92 Å². The Labute approximate surface area is 129 Å². The first kappa shape index (κ1) is 16.0. The average Bonchev–Trinajstić information content (AvgIpc) is 2.48. The summed E-state index contributed by atoms with van der Waals surface area (Å²) in [6, 6.07) is 13.0. The fraction of sp³-hybridized carbons (Fsp3) is 0.188. The maximum atomic E-state index is 12.2.